The van der Waals surface area contributed by atoms with E-state index in [4.69, 9.17) is 10.5 Å². The molecule has 84 valence electrons. The number of nitrogens with two attached hydrogens (primary N) is 1. The largest absolute Gasteiger partial charge is 0.496 e. The Morgan fingerprint density at radius 1 is 1.40 bits per heavy atom. The molecule has 2 nitrogen and oxygen atoms in total. The first-order valence-corrected chi connectivity index (χ1v) is 5.04. The minimum atomic E-state index is -4.18. The van der Waals surface area contributed by atoms with Crippen molar-refractivity contribution in [1.29, 1.82) is 0 Å². The van der Waals surface area contributed by atoms with Crippen LogP contribution in [0.25, 0.3) is 0 Å². The van der Waals surface area contributed by atoms with Crippen molar-refractivity contribution in [3.05, 3.63) is 18.2 Å². The average Bonchev–Trinajstić information content (AvgIpc) is 2.14. The van der Waals surface area contributed by atoms with E-state index < -0.39 is 11.9 Å². The summed E-state index contributed by atoms with van der Waals surface area (Å²) in [5.74, 6) is -0.572. The molecule has 1 aromatic rings. The van der Waals surface area contributed by atoms with Crippen molar-refractivity contribution in [1.82, 2.24) is 0 Å². The highest BCUT2D eigenvalue weighted by Crippen LogP contribution is 2.34. The lowest BCUT2D eigenvalue weighted by molar-refractivity contribution is -0.105. The fourth-order valence-corrected chi connectivity index (χ4v) is 1.73. The second-order valence-corrected chi connectivity index (χ2v) is 3.83. The highest BCUT2D eigenvalue weighted by atomic mass is 32.2. The minimum absolute atomic E-state index is 0.365. The van der Waals surface area contributed by atoms with Crippen molar-refractivity contribution in [2.24, 2.45) is 0 Å². The van der Waals surface area contributed by atoms with E-state index in [9.17, 15) is 13.2 Å². The van der Waals surface area contributed by atoms with Gasteiger partial charge in [0.1, 0.15) is 5.75 Å². The molecule has 0 unspecified atom stereocenters. The Morgan fingerprint density at radius 2 is 2.07 bits per heavy atom. The predicted molar refractivity (Wildman–Crippen MR) is 54.2 cm³/mol. The first kappa shape index (κ1) is 12.0. The summed E-state index contributed by atoms with van der Waals surface area (Å²) >= 11 is 0.682. The van der Waals surface area contributed by atoms with Crippen LogP contribution < -0.4 is 10.5 Å². The zero-order valence-corrected chi connectivity index (χ0v) is 8.78. The smallest absolute Gasteiger partial charge is 0.398 e. The lowest BCUT2D eigenvalue weighted by atomic mass is 10.3. The molecule has 1 rings (SSSR count). The Labute approximate surface area is 89.6 Å². The van der Waals surface area contributed by atoms with Crippen LogP contribution >= 0.6 is 11.8 Å². The molecule has 0 aromatic heterocycles. The van der Waals surface area contributed by atoms with Gasteiger partial charge in [-0.15, -0.1) is 11.8 Å². The molecule has 0 bridgehead atoms. The van der Waals surface area contributed by atoms with Gasteiger partial charge in [-0.05, 0) is 12.1 Å². The molecule has 1 aromatic carbocycles. The van der Waals surface area contributed by atoms with Crippen molar-refractivity contribution in [3.8, 4) is 5.75 Å². The topological polar surface area (TPSA) is 35.2 Å². The summed E-state index contributed by atoms with van der Waals surface area (Å²) < 4.78 is 40.8. The molecule has 15 heavy (non-hydrogen) atoms. The van der Waals surface area contributed by atoms with E-state index in [-0.39, 0.29) is 0 Å². The zero-order chi connectivity index (χ0) is 11.5. The molecule has 0 fully saturated rings. The number of alkyl halides is 3. The summed E-state index contributed by atoms with van der Waals surface area (Å²) in [5, 5.41) is 0. The van der Waals surface area contributed by atoms with E-state index in [1.54, 1.807) is 6.07 Å². The van der Waals surface area contributed by atoms with Crippen LogP contribution in [0.1, 0.15) is 0 Å². The third-order valence-electron chi connectivity index (χ3n) is 1.58. The molecule has 0 aliphatic rings. The zero-order valence-electron chi connectivity index (χ0n) is 7.97. The monoisotopic (exact) mass is 237 g/mol. The van der Waals surface area contributed by atoms with Gasteiger partial charge in [0.15, 0.2) is 0 Å². The summed E-state index contributed by atoms with van der Waals surface area (Å²) in [6, 6.07) is 4.56. The third-order valence-corrected chi connectivity index (χ3v) is 2.70. The Morgan fingerprint density at radius 3 is 2.60 bits per heavy atom. The van der Waals surface area contributed by atoms with Crippen LogP contribution in [0.3, 0.4) is 0 Å². The maximum atomic E-state index is 12.0. The van der Waals surface area contributed by atoms with Gasteiger partial charge in [0.05, 0.1) is 12.9 Å². The molecular formula is C9H10F3NOS. The van der Waals surface area contributed by atoms with E-state index in [1.165, 1.54) is 19.2 Å². The molecule has 0 atom stereocenters. The van der Waals surface area contributed by atoms with Gasteiger partial charge in [0, 0.05) is 16.6 Å². The fourth-order valence-electron chi connectivity index (χ4n) is 0.963. The standard InChI is InChI=1S/C9H10F3NOS/c1-14-7-4-6(13)2-3-8(7)15-5-9(10,11)12/h2-4H,5,13H2,1H3. The number of halogens is 3. The Bertz CT molecular complexity index is 341. The van der Waals surface area contributed by atoms with Gasteiger partial charge in [-0.1, -0.05) is 0 Å². The number of nitrogen functional groups attached to an aromatic ring is 1. The number of ether oxygens (including phenoxy) is 1. The number of anilines is 1. The van der Waals surface area contributed by atoms with Crippen LogP contribution in [0.5, 0.6) is 5.75 Å². The van der Waals surface area contributed by atoms with Crippen LogP contribution in [0.15, 0.2) is 23.1 Å². The van der Waals surface area contributed by atoms with Gasteiger partial charge in [-0.2, -0.15) is 13.2 Å². The molecule has 0 aliphatic carbocycles. The molecule has 0 saturated carbocycles. The number of methoxy groups -OCH3 is 1. The summed E-state index contributed by atoms with van der Waals surface area (Å²) in [6.07, 6.45) is -4.18. The molecule has 6 heteroatoms. The molecule has 0 heterocycles. The van der Waals surface area contributed by atoms with E-state index in [2.05, 4.69) is 0 Å². The van der Waals surface area contributed by atoms with Gasteiger partial charge in [0.25, 0.3) is 0 Å². The highest BCUT2D eigenvalue weighted by molar-refractivity contribution is 7.99. The normalized spacial score (nSPS) is 11.5. The number of rotatable bonds is 3. The van der Waals surface area contributed by atoms with Crippen molar-refractivity contribution in [2.75, 3.05) is 18.6 Å². The van der Waals surface area contributed by atoms with Gasteiger partial charge in [-0.3, -0.25) is 0 Å². The van der Waals surface area contributed by atoms with Crippen LogP contribution in [-0.2, 0) is 0 Å². The first-order valence-electron chi connectivity index (χ1n) is 4.05. The lowest BCUT2D eigenvalue weighted by Crippen LogP contribution is -2.10. The first-order chi connectivity index (χ1) is 6.92. The highest BCUT2D eigenvalue weighted by Gasteiger charge is 2.27. The van der Waals surface area contributed by atoms with Crippen molar-refractivity contribution < 1.29 is 17.9 Å². The third kappa shape index (κ3) is 3.91. The van der Waals surface area contributed by atoms with Crippen LogP contribution in [0.2, 0.25) is 0 Å². The maximum Gasteiger partial charge on any atom is 0.398 e. The van der Waals surface area contributed by atoms with Gasteiger partial charge >= 0.3 is 6.18 Å². The lowest BCUT2D eigenvalue weighted by Gasteiger charge is -2.10. The summed E-state index contributed by atoms with van der Waals surface area (Å²) in [6.45, 7) is 0. The fraction of sp³-hybridized carbons (Fsp3) is 0.333. The molecule has 0 saturated heterocycles. The Balaban J connectivity index is 2.76. The second-order valence-electron chi connectivity index (χ2n) is 2.81. The molecule has 0 aliphatic heterocycles. The predicted octanol–water partition coefficient (Wildman–Crippen LogP) is 2.93. The van der Waals surface area contributed by atoms with E-state index >= 15 is 0 Å². The van der Waals surface area contributed by atoms with Gasteiger partial charge < -0.3 is 10.5 Å². The summed E-state index contributed by atoms with van der Waals surface area (Å²) in [5.41, 5.74) is 5.93. The van der Waals surface area contributed by atoms with Gasteiger partial charge in [0.2, 0.25) is 0 Å². The Kier molecular flexibility index (Phi) is 3.73. The molecule has 2 N–H and O–H groups in total. The van der Waals surface area contributed by atoms with Crippen LogP contribution in [0, 0.1) is 0 Å². The van der Waals surface area contributed by atoms with Gasteiger partial charge in [-0.25, -0.2) is 0 Å². The SMILES string of the molecule is COc1cc(N)ccc1SCC(F)(F)F. The number of thioether (sulfide) groups is 1. The van der Waals surface area contributed by atoms with Crippen molar-refractivity contribution in [2.45, 2.75) is 11.1 Å². The Hall–Kier alpha value is -1.04. The molecule has 0 amide bonds. The van der Waals surface area contributed by atoms with Crippen LogP contribution in [-0.4, -0.2) is 19.0 Å². The van der Waals surface area contributed by atoms with Crippen molar-refractivity contribution in [3.63, 3.8) is 0 Å². The maximum absolute atomic E-state index is 12.0. The quantitative estimate of drug-likeness (QED) is 0.648. The number of hydrogen-bond donors (Lipinski definition) is 1. The van der Waals surface area contributed by atoms with Crippen LogP contribution in [0.4, 0.5) is 18.9 Å². The molecular weight excluding hydrogens is 227 g/mol. The van der Waals surface area contributed by atoms with E-state index in [1.807, 2.05) is 0 Å². The minimum Gasteiger partial charge on any atom is -0.496 e. The van der Waals surface area contributed by atoms with E-state index in [0.29, 0.717) is 28.1 Å². The number of hydrogen-bond acceptors (Lipinski definition) is 3. The molecule has 0 radical (unpaired) electrons. The summed E-state index contributed by atoms with van der Waals surface area (Å²) in [4.78, 5) is 0.434. The van der Waals surface area contributed by atoms with E-state index in [0.717, 1.165) is 0 Å². The molecule has 0 spiro atoms. The second kappa shape index (κ2) is 4.65. The average molecular weight is 237 g/mol. The number of benzene rings is 1. The summed E-state index contributed by atoms with van der Waals surface area (Å²) in [7, 11) is 1.40. The van der Waals surface area contributed by atoms with Crippen molar-refractivity contribution >= 4 is 17.4 Å².